The Hall–Kier alpha value is -2.56. The Bertz CT molecular complexity index is 966. The van der Waals surface area contributed by atoms with E-state index in [2.05, 4.69) is 40.8 Å². The van der Waals surface area contributed by atoms with Gasteiger partial charge in [-0.1, -0.05) is 35.9 Å². The van der Waals surface area contributed by atoms with E-state index in [-0.39, 0.29) is 5.91 Å². The fourth-order valence-corrected chi connectivity index (χ4v) is 3.31. The number of anilines is 3. The van der Waals surface area contributed by atoms with Gasteiger partial charge in [0.1, 0.15) is 10.7 Å². The summed E-state index contributed by atoms with van der Waals surface area (Å²) in [7, 11) is 4.01. The lowest BCUT2D eigenvalue weighted by Crippen LogP contribution is -2.23. The van der Waals surface area contributed by atoms with Crippen LogP contribution in [0.1, 0.15) is 43.2 Å². The van der Waals surface area contributed by atoms with Crippen molar-refractivity contribution >= 4 is 45.9 Å². The standard InChI is InChI=1S/C20H29ClN8OS/c1-7-12(3)16(13(4)21)26-17(30)14-11-23-20(31-14)28-19-25-15(8-2)24-18(27-19)22-9-10-29(5)6/h7,11H,8-10H2,1-6H3,(H,26,30)(H2,22,23,24,25,27,28). The summed E-state index contributed by atoms with van der Waals surface area (Å²) in [6.45, 7) is 9.05. The smallest absolute Gasteiger partial charge is 0.267 e. The second-order valence-corrected chi connectivity index (χ2v) is 8.57. The van der Waals surface area contributed by atoms with E-state index in [0.29, 0.717) is 51.4 Å². The minimum absolute atomic E-state index is 0.280. The molecule has 0 spiro atoms. The number of aromatic nitrogens is 4. The average molecular weight is 465 g/mol. The molecule has 0 fully saturated rings. The van der Waals surface area contributed by atoms with E-state index >= 15 is 0 Å². The van der Waals surface area contributed by atoms with Crippen molar-refractivity contribution < 1.29 is 4.79 Å². The third-order valence-electron chi connectivity index (χ3n) is 4.20. The summed E-state index contributed by atoms with van der Waals surface area (Å²) in [6.07, 6.45) is 4.06. The largest absolute Gasteiger partial charge is 0.353 e. The highest BCUT2D eigenvalue weighted by Gasteiger charge is 2.15. The molecule has 2 aromatic heterocycles. The van der Waals surface area contributed by atoms with Crippen LogP contribution >= 0.6 is 22.9 Å². The average Bonchev–Trinajstić information content (AvgIpc) is 3.19. The van der Waals surface area contributed by atoms with Gasteiger partial charge in [-0.25, -0.2) is 4.98 Å². The number of amides is 1. The summed E-state index contributed by atoms with van der Waals surface area (Å²) in [5.41, 5.74) is 1.48. The molecular weight excluding hydrogens is 436 g/mol. The van der Waals surface area contributed by atoms with Crippen molar-refractivity contribution in [1.29, 1.82) is 0 Å². The number of likely N-dealkylation sites (N-methyl/N-ethyl adjacent to an activating group) is 1. The van der Waals surface area contributed by atoms with Crippen LogP contribution in [-0.4, -0.2) is 57.9 Å². The fourth-order valence-electron chi connectivity index (χ4n) is 2.41. The predicted octanol–water partition coefficient (Wildman–Crippen LogP) is 3.77. The van der Waals surface area contributed by atoms with E-state index in [4.69, 9.17) is 11.6 Å². The second kappa shape index (κ2) is 11.7. The number of allylic oxidation sites excluding steroid dienone is 3. The van der Waals surface area contributed by atoms with Crippen LogP contribution in [0.3, 0.4) is 0 Å². The van der Waals surface area contributed by atoms with Crippen molar-refractivity contribution in [2.45, 2.75) is 34.1 Å². The van der Waals surface area contributed by atoms with Gasteiger partial charge in [0, 0.05) is 24.5 Å². The Labute approximate surface area is 192 Å². The topological polar surface area (TPSA) is 108 Å². The van der Waals surface area contributed by atoms with E-state index in [0.717, 1.165) is 12.1 Å². The molecule has 0 bridgehead atoms. The molecular formula is C20H29ClN8OS. The molecule has 0 radical (unpaired) electrons. The van der Waals surface area contributed by atoms with Crippen molar-refractivity contribution in [3.63, 3.8) is 0 Å². The van der Waals surface area contributed by atoms with Crippen LogP contribution < -0.4 is 16.0 Å². The zero-order valence-corrected chi connectivity index (χ0v) is 20.3. The fraction of sp³-hybridized carbons (Fsp3) is 0.450. The summed E-state index contributed by atoms with van der Waals surface area (Å²) in [4.78, 5) is 32.6. The maximum absolute atomic E-state index is 12.6. The number of thiazole rings is 1. The molecule has 2 aromatic rings. The van der Waals surface area contributed by atoms with Crippen LogP contribution in [0.4, 0.5) is 17.0 Å². The first-order valence-electron chi connectivity index (χ1n) is 9.90. The van der Waals surface area contributed by atoms with Crippen LogP contribution in [0.2, 0.25) is 0 Å². The molecule has 31 heavy (non-hydrogen) atoms. The number of nitrogens with one attached hydrogen (secondary N) is 3. The molecule has 0 atom stereocenters. The van der Waals surface area contributed by atoms with Gasteiger partial charge in [-0.05, 0) is 40.4 Å². The minimum Gasteiger partial charge on any atom is -0.353 e. The van der Waals surface area contributed by atoms with Gasteiger partial charge in [0.2, 0.25) is 11.9 Å². The van der Waals surface area contributed by atoms with E-state index < -0.39 is 0 Å². The SMILES string of the molecule is CC=C(C)C(NC(=O)c1cnc(Nc2nc(CC)nc(NCCN(C)C)n2)s1)=C(C)Cl. The molecule has 168 valence electrons. The summed E-state index contributed by atoms with van der Waals surface area (Å²) >= 11 is 7.33. The van der Waals surface area contributed by atoms with Gasteiger partial charge in [0.25, 0.3) is 5.91 Å². The van der Waals surface area contributed by atoms with Crippen molar-refractivity contribution in [3.8, 4) is 0 Å². The number of halogens is 1. The minimum atomic E-state index is -0.280. The predicted molar refractivity (Wildman–Crippen MR) is 127 cm³/mol. The molecule has 0 saturated heterocycles. The molecule has 11 heteroatoms. The number of rotatable bonds is 10. The van der Waals surface area contributed by atoms with Crippen LogP contribution in [0.15, 0.2) is 28.6 Å². The Morgan fingerprint density at radius 3 is 2.55 bits per heavy atom. The molecule has 0 aliphatic carbocycles. The number of nitrogens with zero attached hydrogens (tertiary/aromatic N) is 5. The van der Waals surface area contributed by atoms with E-state index in [9.17, 15) is 4.79 Å². The van der Waals surface area contributed by atoms with Crippen LogP contribution in [0.25, 0.3) is 0 Å². The molecule has 2 heterocycles. The first kappa shape index (κ1) is 24.7. The monoisotopic (exact) mass is 464 g/mol. The van der Waals surface area contributed by atoms with Gasteiger partial charge >= 0.3 is 0 Å². The first-order chi connectivity index (χ1) is 14.7. The molecule has 0 saturated carbocycles. The van der Waals surface area contributed by atoms with Crippen molar-refractivity contribution in [2.75, 3.05) is 37.8 Å². The molecule has 0 aliphatic rings. The van der Waals surface area contributed by atoms with Crippen molar-refractivity contribution in [3.05, 3.63) is 39.3 Å². The van der Waals surface area contributed by atoms with Gasteiger partial charge in [-0.3, -0.25) is 10.1 Å². The Morgan fingerprint density at radius 2 is 1.94 bits per heavy atom. The van der Waals surface area contributed by atoms with Gasteiger partial charge in [0.05, 0.1) is 11.9 Å². The first-order valence-corrected chi connectivity index (χ1v) is 11.1. The van der Waals surface area contributed by atoms with E-state index in [1.807, 2.05) is 40.9 Å². The molecule has 2 rings (SSSR count). The Morgan fingerprint density at radius 1 is 1.23 bits per heavy atom. The molecule has 3 N–H and O–H groups in total. The Kier molecular flexibility index (Phi) is 9.35. The number of hydrogen-bond donors (Lipinski definition) is 3. The molecule has 0 aliphatic heterocycles. The molecule has 1 amide bonds. The van der Waals surface area contributed by atoms with Gasteiger partial charge in [0.15, 0.2) is 5.13 Å². The maximum atomic E-state index is 12.6. The Balaban J connectivity index is 2.13. The number of hydrogen-bond acceptors (Lipinski definition) is 9. The summed E-state index contributed by atoms with van der Waals surface area (Å²) in [5.74, 6) is 1.26. The van der Waals surface area contributed by atoms with E-state index in [1.54, 1.807) is 6.92 Å². The quantitative estimate of drug-likeness (QED) is 0.456. The number of carbonyl (C=O) groups excluding carboxylic acids is 1. The highest BCUT2D eigenvalue weighted by Crippen LogP contribution is 2.23. The zero-order chi connectivity index (χ0) is 23.0. The summed E-state index contributed by atoms with van der Waals surface area (Å²) < 4.78 is 0. The van der Waals surface area contributed by atoms with Gasteiger partial charge in [-0.2, -0.15) is 15.0 Å². The molecule has 0 aromatic carbocycles. The second-order valence-electron chi connectivity index (χ2n) is 6.97. The molecule has 9 nitrogen and oxygen atoms in total. The van der Waals surface area contributed by atoms with Crippen molar-refractivity contribution in [1.82, 2.24) is 30.2 Å². The van der Waals surface area contributed by atoms with Gasteiger partial charge in [-0.15, -0.1) is 0 Å². The number of aryl methyl sites for hydroxylation is 1. The molecule has 0 unspecified atom stereocenters. The summed E-state index contributed by atoms with van der Waals surface area (Å²) in [6, 6.07) is 0. The number of carbonyl (C=O) groups is 1. The van der Waals surface area contributed by atoms with Gasteiger partial charge < -0.3 is 15.5 Å². The zero-order valence-electron chi connectivity index (χ0n) is 18.7. The van der Waals surface area contributed by atoms with Crippen molar-refractivity contribution in [2.24, 2.45) is 0 Å². The van der Waals surface area contributed by atoms with Crippen LogP contribution in [0.5, 0.6) is 0 Å². The third kappa shape index (κ3) is 7.57. The maximum Gasteiger partial charge on any atom is 0.267 e. The van der Waals surface area contributed by atoms with E-state index in [1.165, 1.54) is 17.5 Å². The normalized spacial score (nSPS) is 12.6. The lowest BCUT2D eigenvalue weighted by Gasteiger charge is -2.11. The summed E-state index contributed by atoms with van der Waals surface area (Å²) in [5, 5.41) is 10.1. The lowest BCUT2D eigenvalue weighted by atomic mass is 10.2. The lowest BCUT2D eigenvalue weighted by molar-refractivity contribution is 0.0970. The highest BCUT2D eigenvalue weighted by atomic mass is 35.5. The highest BCUT2D eigenvalue weighted by molar-refractivity contribution is 7.17. The van der Waals surface area contributed by atoms with Crippen LogP contribution in [-0.2, 0) is 6.42 Å². The van der Waals surface area contributed by atoms with Crippen LogP contribution in [0, 0.1) is 0 Å². The third-order valence-corrected chi connectivity index (χ3v) is 5.30.